The molecule has 2 rings (SSSR count). The van der Waals surface area contributed by atoms with E-state index in [2.05, 4.69) is 31.0 Å². The molecule has 1 N–H and O–H groups in total. The van der Waals surface area contributed by atoms with Crippen LogP contribution in [0.2, 0.25) is 10.0 Å². The lowest BCUT2D eigenvalue weighted by Gasteiger charge is -2.46. The summed E-state index contributed by atoms with van der Waals surface area (Å²) in [5.74, 6) is -0.416. The maximum absolute atomic E-state index is 13.7. The minimum atomic E-state index is -0.416. The number of halogens is 3. The van der Waals surface area contributed by atoms with Crippen molar-refractivity contribution in [1.29, 1.82) is 0 Å². The van der Waals surface area contributed by atoms with E-state index in [9.17, 15) is 4.39 Å². The molecule has 0 amide bonds. The first-order valence-corrected chi connectivity index (χ1v) is 7.20. The van der Waals surface area contributed by atoms with Gasteiger partial charge in [0.15, 0.2) is 0 Å². The van der Waals surface area contributed by atoms with Gasteiger partial charge in [-0.2, -0.15) is 0 Å². The Bertz CT molecular complexity index is 477. The molecule has 0 radical (unpaired) electrons. The molecule has 5 heteroatoms. The zero-order chi connectivity index (χ0) is 14.2. The van der Waals surface area contributed by atoms with Crippen molar-refractivity contribution in [3.8, 4) is 0 Å². The van der Waals surface area contributed by atoms with Crippen molar-refractivity contribution in [2.24, 2.45) is 0 Å². The van der Waals surface area contributed by atoms with E-state index in [1.54, 1.807) is 0 Å². The van der Waals surface area contributed by atoms with Crippen LogP contribution in [0.5, 0.6) is 0 Å². The van der Waals surface area contributed by atoms with Gasteiger partial charge in [-0.05, 0) is 38.5 Å². The molecule has 1 aromatic rings. The molecule has 1 heterocycles. The SMILES string of the molecule is CC(c1cc(F)c(Cl)cc1Cl)N1CCNCC1(C)C. The van der Waals surface area contributed by atoms with Crippen molar-refractivity contribution in [3.63, 3.8) is 0 Å². The summed E-state index contributed by atoms with van der Waals surface area (Å²) in [4.78, 5) is 2.35. The highest BCUT2D eigenvalue weighted by atomic mass is 35.5. The fourth-order valence-corrected chi connectivity index (χ4v) is 3.28. The molecule has 1 saturated heterocycles. The van der Waals surface area contributed by atoms with Gasteiger partial charge in [0.1, 0.15) is 5.82 Å². The van der Waals surface area contributed by atoms with Crippen LogP contribution in [-0.2, 0) is 0 Å². The van der Waals surface area contributed by atoms with E-state index in [-0.39, 0.29) is 16.6 Å². The molecular formula is C14H19Cl2FN2. The summed E-state index contributed by atoms with van der Waals surface area (Å²) in [7, 11) is 0. The monoisotopic (exact) mass is 304 g/mol. The normalized spacial score (nSPS) is 21.4. The minimum absolute atomic E-state index is 0.0110. The van der Waals surface area contributed by atoms with E-state index in [1.807, 2.05) is 0 Å². The smallest absolute Gasteiger partial charge is 0.142 e. The third kappa shape index (κ3) is 3.05. The fraction of sp³-hybridized carbons (Fsp3) is 0.571. The first kappa shape index (κ1) is 15.0. The van der Waals surface area contributed by atoms with Crippen molar-refractivity contribution in [2.45, 2.75) is 32.4 Å². The van der Waals surface area contributed by atoms with Crippen molar-refractivity contribution in [2.75, 3.05) is 19.6 Å². The summed E-state index contributed by atoms with van der Waals surface area (Å²) in [5.41, 5.74) is 0.801. The molecule has 19 heavy (non-hydrogen) atoms. The predicted octanol–water partition coefficient (Wildman–Crippen LogP) is 3.88. The van der Waals surface area contributed by atoms with E-state index >= 15 is 0 Å². The summed E-state index contributed by atoms with van der Waals surface area (Å²) in [6.07, 6.45) is 0. The summed E-state index contributed by atoms with van der Waals surface area (Å²) in [5, 5.41) is 3.97. The Balaban J connectivity index is 2.33. The third-order valence-corrected chi connectivity index (χ3v) is 4.44. The Kier molecular flexibility index (Phi) is 4.41. The van der Waals surface area contributed by atoms with Gasteiger partial charge in [-0.25, -0.2) is 4.39 Å². The van der Waals surface area contributed by atoms with Crippen molar-refractivity contribution in [1.82, 2.24) is 10.2 Å². The molecular weight excluding hydrogens is 286 g/mol. The first-order valence-electron chi connectivity index (χ1n) is 6.45. The molecule has 0 aromatic heterocycles. The number of nitrogens with one attached hydrogen (secondary N) is 1. The number of hydrogen-bond donors (Lipinski definition) is 1. The predicted molar refractivity (Wildman–Crippen MR) is 78.5 cm³/mol. The third-order valence-electron chi connectivity index (χ3n) is 3.82. The van der Waals surface area contributed by atoms with Gasteiger partial charge in [0.25, 0.3) is 0 Å². The van der Waals surface area contributed by atoms with Crippen LogP contribution in [0.4, 0.5) is 4.39 Å². The van der Waals surface area contributed by atoms with Gasteiger partial charge in [0.05, 0.1) is 5.02 Å². The van der Waals surface area contributed by atoms with Crippen LogP contribution in [0.1, 0.15) is 32.4 Å². The van der Waals surface area contributed by atoms with E-state index in [0.29, 0.717) is 5.02 Å². The van der Waals surface area contributed by atoms with Crippen LogP contribution in [0.25, 0.3) is 0 Å². The quantitative estimate of drug-likeness (QED) is 0.834. The van der Waals surface area contributed by atoms with Crippen LogP contribution in [0.3, 0.4) is 0 Å². The Morgan fingerprint density at radius 2 is 2.00 bits per heavy atom. The maximum atomic E-state index is 13.7. The lowest BCUT2D eigenvalue weighted by molar-refractivity contribution is 0.0516. The Hall–Kier alpha value is -0.350. The van der Waals surface area contributed by atoms with Gasteiger partial charge in [-0.15, -0.1) is 0 Å². The fourth-order valence-electron chi connectivity index (χ4n) is 2.74. The number of hydrogen-bond acceptors (Lipinski definition) is 2. The second kappa shape index (κ2) is 5.57. The van der Waals surface area contributed by atoms with Gasteiger partial charge < -0.3 is 5.32 Å². The molecule has 1 fully saturated rings. The number of rotatable bonds is 2. The topological polar surface area (TPSA) is 15.3 Å². The van der Waals surface area contributed by atoms with E-state index in [4.69, 9.17) is 23.2 Å². The molecule has 106 valence electrons. The Morgan fingerprint density at radius 3 is 2.63 bits per heavy atom. The average Bonchev–Trinajstić information content (AvgIpc) is 2.32. The van der Waals surface area contributed by atoms with E-state index in [0.717, 1.165) is 25.2 Å². The summed E-state index contributed by atoms with van der Waals surface area (Å²) >= 11 is 12.0. The summed E-state index contributed by atoms with van der Waals surface area (Å²) in [6.45, 7) is 9.16. The molecule has 1 aliphatic rings. The van der Waals surface area contributed by atoms with Gasteiger partial charge in [0, 0.05) is 36.2 Å². The standard InChI is InChI=1S/C14H19Cl2FN2/c1-9(19-5-4-18-8-14(19,2)3)10-6-13(17)12(16)7-11(10)15/h6-7,9,18H,4-5,8H2,1-3H3. The molecule has 0 bridgehead atoms. The molecule has 0 saturated carbocycles. The first-order chi connectivity index (χ1) is 8.83. The highest BCUT2D eigenvalue weighted by Gasteiger charge is 2.34. The van der Waals surface area contributed by atoms with Crippen molar-refractivity contribution in [3.05, 3.63) is 33.6 Å². The Morgan fingerprint density at radius 1 is 1.32 bits per heavy atom. The van der Waals surface area contributed by atoms with Crippen LogP contribution < -0.4 is 5.32 Å². The van der Waals surface area contributed by atoms with E-state index < -0.39 is 5.82 Å². The van der Waals surface area contributed by atoms with Crippen LogP contribution in [0, 0.1) is 5.82 Å². The van der Waals surface area contributed by atoms with E-state index in [1.165, 1.54) is 12.1 Å². The Labute approximate surface area is 123 Å². The van der Waals surface area contributed by atoms with Crippen molar-refractivity contribution < 1.29 is 4.39 Å². The average molecular weight is 305 g/mol. The van der Waals surface area contributed by atoms with Crippen LogP contribution >= 0.6 is 23.2 Å². The summed E-state index contributed by atoms with van der Waals surface area (Å²) in [6, 6.07) is 2.99. The molecule has 0 aliphatic carbocycles. The molecule has 0 spiro atoms. The van der Waals surface area contributed by atoms with Gasteiger partial charge >= 0.3 is 0 Å². The molecule has 2 nitrogen and oxygen atoms in total. The summed E-state index contributed by atoms with van der Waals surface area (Å²) < 4.78 is 13.7. The van der Waals surface area contributed by atoms with Crippen LogP contribution in [-0.4, -0.2) is 30.1 Å². The van der Waals surface area contributed by atoms with Crippen LogP contribution in [0.15, 0.2) is 12.1 Å². The molecule has 1 atom stereocenters. The molecule has 1 aliphatic heterocycles. The molecule has 1 aromatic carbocycles. The van der Waals surface area contributed by atoms with Gasteiger partial charge in [-0.1, -0.05) is 23.2 Å². The van der Waals surface area contributed by atoms with Gasteiger partial charge in [-0.3, -0.25) is 4.90 Å². The minimum Gasteiger partial charge on any atom is -0.314 e. The highest BCUT2D eigenvalue weighted by molar-refractivity contribution is 6.35. The maximum Gasteiger partial charge on any atom is 0.142 e. The second-order valence-electron chi connectivity index (χ2n) is 5.65. The zero-order valence-electron chi connectivity index (χ0n) is 11.4. The zero-order valence-corrected chi connectivity index (χ0v) is 12.9. The highest BCUT2D eigenvalue weighted by Crippen LogP contribution is 2.35. The second-order valence-corrected chi connectivity index (χ2v) is 6.46. The lowest BCUT2D eigenvalue weighted by atomic mass is 9.95. The number of piperazine rings is 1. The molecule has 1 unspecified atom stereocenters. The number of benzene rings is 1. The van der Waals surface area contributed by atoms with Gasteiger partial charge in [0.2, 0.25) is 0 Å². The van der Waals surface area contributed by atoms with Crippen molar-refractivity contribution >= 4 is 23.2 Å². The lowest BCUT2D eigenvalue weighted by Crippen LogP contribution is -2.58. The largest absolute Gasteiger partial charge is 0.314 e. The number of nitrogens with zero attached hydrogens (tertiary/aromatic N) is 1.